The van der Waals surface area contributed by atoms with E-state index >= 15 is 0 Å². The van der Waals surface area contributed by atoms with Gasteiger partial charge in [0.05, 0.1) is 11.4 Å². The molecule has 1 fully saturated rings. The van der Waals surface area contributed by atoms with Gasteiger partial charge in [-0.2, -0.15) is 16.9 Å². The highest BCUT2D eigenvalue weighted by Crippen LogP contribution is 2.38. The highest BCUT2D eigenvalue weighted by atomic mass is 32.2. The quantitative estimate of drug-likeness (QED) is 0.750. The Kier molecular flexibility index (Phi) is 5.42. The molecule has 0 saturated heterocycles. The van der Waals surface area contributed by atoms with Crippen molar-refractivity contribution < 1.29 is 9.59 Å². The first-order valence-corrected chi connectivity index (χ1v) is 11.3. The SMILES string of the molecule is C[C@H]1C[C@H](NC(=O)C(=O)Nc2c3c(nn2-c2ccccc2)CSC3)CC(C)(C)C1. The van der Waals surface area contributed by atoms with Crippen LogP contribution in [-0.2, 0) is 21.1 Å². The number of aromatic nitrogens is 2. The van der Waals surface area contributed by atoms with Gasteiger partial charge in [0.25, 0.3) is 0 Å². The van der Waals surface area contributed by atoms with E-state index in [4.69, 9.17) is 0 Å². The Morgan fingerprint density at radius 2 is 1.90 bits per heavy atom. The summed E-state index contributed by atoms with van der Waals surface area (Å²) in [6, 6.07) is 9.72. The molecule has 2 amide bonds. The van der Waals surface area contributed by atoms with E-state index in [1.807, 2.05) is 30.3 Å². The minimum absolute atomic E-state index is 0.0345. The Morgan fingerprint density at radius 3 is 2.62 bits per heavy atom. The third kappa shape index (κ3) is 4.34. The van der Waals surface area contributed by atoms with Crippen molar-refractivity contribution >= 4 is 29.4 Å². The van der Waals surface area contributed by atoms with Crippen LogP contribution >= 0.6 is 11.8 Å². The number of carbonyl (C=O) groups excluding carboxylic acids is 2. The van der Waals surface area contributed by atoms with Gasteiger partial charge < -0.3 is 10.6 Å². The molecule has 2 heterocycles. The van der Waals surface area contributed by atoms with Crippen molar-refractivity contribution in [2.75, 3.05) is 5.32 Å². The van der Waals surface area contributed by atoms with Gasteiger partial charge in [-0.05, 0) is 42.7 Å². The highest BCUT2D eigenvalue weighted by molar-refractivity contribution is 7.98. The number of hydrogen-bond acceptors (Lipinski definition) is 4. The summed E-state index contributed by atoms with van der Waals surface area (Å²) in [5.41, 5.74) is 3.02. The zero-order valence-corrected chi connectivity index (χ0v) is 18.0. The van der Waals surface area contributed by atoms with Crippen molar-refractivity contribution in [2.45, 2.75) is 57.6 Å². The number of fused-ring (bicyclic) bond motifs is 1. The average molecular weight is 413 g/mol. The minimum Gasteiger partial charge on any atom is -0.345 e. The highest BCUT2D eigenvalue weighted by Gasteiger charge is 2.34. The molecule has 2 N–H and O–H groups in total. The summed E-state index contributed by atoms with van der Waals surface area (Å²) >= 11 is 1.76. The van der Waals surface area contributed by atoms with Gasteiger partial charge >= 0.3 is 11.8 Å². The molecule has 154 valence electrons. The number of benzene rings is 1. The van der Waals surface area contributed by atoms with Crippen molar-refractivity contribution in [1.29, 1.82) is 0 Å². The van der Waals surface area contributed by atoms with Crippen LogP contribution in [0.15, 0.2) is 30.3 Å². The summed E-state index contributed by atoms with van der Waals surface area (Å²) in [4.78, 5) is 25.4. The van der Waals surface area contributed by atoms with Gasteiger partial charge in [0.1, 0.15) is 5.82 Å². The first-order valence-electron chi connectivity index (χ1n) is 10.2. The van der Waals surface area contributed by atoms with Crippen molar-refractivity contribution in [3.05, 3.63) is 41.6 Å². The average Bonchev–Trinajstić information content (AvgIpc) is 3.23. The van der Waals surface area contributed by atoms with Gasteiger partial charge in [0.2, 0.25) is 0 Å². The van der Waals surface area contributed by atoms with Crippen LogP contribution < -0.4 is 10.6 Å². The lowest BCUT2D eigenvalue weighted by molar-refractivity contribution is -0.137. The summed E-state index contributed by atoms with van der Waals surface area (Å²) in [6.07, 6.45) is 2.95. The lowest BCUT2D eigenvalue weighted by atomic mass is 9.70. The molecule has 0 bridgehead atoms. The second-order valence-corrected chi connectivity index (χ2v) is 10.0. The van der Waals surface area contributed by atoms with Crippen molar-refractivity contribution in [3.63, 3.8) is 0 Å². The van der Waals surface area contributed by atoms with Crippen LogP contribution in [0.2, 0.25) is 0 Å². The number of hydrogen-bond donors (Lipinski definition) is 2. The predicted molar refractivity (Wildman–Crippen MR) is 116 cm³/mol. The van der Waals surface area contributed by atoms with Gasteiger partial charge in [-0.1, -0.05) is 39.0 Å². The molecule has 4 rings (SSSR count). The number of thioether (sulfide) groups is 1. The van der Waals surface area contributed by atoms with Crippen LogP contribution in [0.4, 0.5) is 5.82 Å². The Bertz CT molecular complexity index is 922. The number of para-hydroxylation sites is 1. The fourth-order valence-corrected chi connectivity index (χ4v) is 5.80. The second-order valence-electron chi connectivity index (χ2n) is 9.05. The topological polar surface area (TPSA) is 76.0 Å². The van der Waals surface area contributed by atoms with Crippen LogP contribution in [0.25, 0.3) is 5.69 Å². The van der Waals surface area contributed by atoms with Gasteiger partial charge in [0.15, 0.2) is 0 Å². The van der Waals surface area contributed by atoms with E-state index < -0.39 is 11.8 Å². The van der Waals surface area contributed by atoms with Crippen molar-refractivity contribution in [3.8, 4) is 5.69 Å². The predicted octanol–water partition coefficient (Wildman–Crippen LogP) is 3.89. The maximum Gasteiger partial charge on any atom is 0.314 e. The fraction of sp³-hybridized carbons (Fsp3) is 0.500. The summed E-state index contributed by atoms with van der Waals surface area (Å²) in [7, 11) is 0. The smallest absolute Gasteiger partial charge is 0.314 e. The van der Waals surface area contributed by atoms with E-state index in [0.29, 0.717) is 11.7 Å². The zero-order valence-electron chi connectivity index (χ0n) is 17.2. The number of anilines is 1. The van der Waals surface area contributed by atoms with E-state index in [9.17, 15) is 9.59 Å². The lowest BCUT2D eigenvalue weighted by Gasteiger charge is -2.39. The van der Waals surface area contributed by atoms with Crippen LogP contribution in [0.1, 0.15) is 51.3 Å². The minimum atomic E-state index is -0.627. The lowest BCUT2D eigenvalue weighted by Crippen LogP contribution is -2.46. The van der Waals surface area contributed by atoms with E-state index in [0.717, 1.165) is 47.7 Å². The third-order valence-corrected chi connectivity index (χ3v) is 6.68. The van der Waals surface area contributed by atoms with Gasteiger partial charge in [-0.3, -0.25) is 9.59 Å². The molecule has 2 aromatic rings. The monoisotopic (exact) mass is 412 g/mol. The van der Waals surface area contributed by atoms with Gasteiger partial charge in [-0.15, -0.1) is 0 Å². The van der Waals surface area contributed by atoms with Crippen LogP contribution in [0, 0.1) is 11.3 Å². The second kappa shape index (κ2) is 7.86. The molecule has 1 aromatic carbocycles. The number of nitrogens with one attached hydrogen (secondary N) is 2. The van der Waals surface area contributed by atoms with Crippen LogP contribution in [0.3, 0.4) is 0 Å². The first-order chi connectivity index (χ1) is 13.8. The zero-order chi connectivity index (χ0) is 20.6. The molecule has 1 aromatic heterocycles. The molecule has 2 atom stereocenters. The Labute approximate surface area is 175 Å². The van der Waals surface area contributed by atoms with Crippen molar-refractivity contribution in [1.82, 2.24) is 15.1 Å². The Hall–Kier alpha value is -2.28. The normalized spacial score (nSPS) is 22.7. The Morgan fingerprint density at radius 1 is 1.14 bits per heavy atom. The molecule has 2 aliphatic rings. The third-order valence-electron chi connectivity index (χ3n) is 5.71. The maximum absolute atomic E-state index is 12.7. The molecule has 7 heteroatoms. The largest absolute Gasteiger partial charge is 0.345 e. The molecule has 1 saturated carbocycles. The molecule has 1 aliphatic carbocycles. The summed E-state index contributed by atoms with van der Waals surface area (Å²) in [6.45, 7) is 6.65. The van der Waals surface area contributed by atoms with Crippen LogP contribution in [-0.4, -0.2) is 27.6 Å². The molecule has 6 nitrogen and oxygen atoms in total. The Balaban J connectivity index is 1.51. The summed E-state index contributed by atoms with van der Waals surface area (Å²) < 4.78 is 1.74. The van der Waals surface area contributed by atoms with Crippen molar-refractivity contribution in [2.24, 2.45) is 11.3 Å². The van der Waals surface area contributed by atoms with Gasteiger partial charge in [-0.25, -0.2) is 4.68 Å². The number of carbonyl (C=O) groups is 2. The maximum atomic E-state index is 12.7. The van der Waals surface area contributed by atoms with E-state index in [2.05, 4.69) is 36.5 Å². The van der Waals surface area contributed by atoms with E-state index in [1.165, 1.54) is 0 Å². The number of rotatable bonds is 3. The molecule has 0 spiro atoms. The van der Waals surface area contributed by atoms with Gasteiger partial charge in [0, 0.05) is 23.1 Å². The molecule has 29 heavy (non-hydrogen) atoms. The first kappa shape index (κ1) is 20.0. The fourth-order valence-electron chi connectivity index (χ4n) is 4.77. The van der Waals surface area contributed by atoms with E-state index in [1.54, 1.807) is 16.4 Å². The molecular formula is C22H28N4O2S. The number of amides is 2. The molecular weight excluding hydrogens is 384 g/mol. The van der Waals surface area contributed by atoms with E-state index in [-0.39, 0.29) is 11.5 Å². The summed E-state index contributed by atoms with van der Waals surface area (Å²) in [5, 5.41) is 10.5. The molecule has 1 aliphatic heterocycles. The molecule has 0 unspecified atom stereocenters. The standard InChI is InChI=1S/C22H28N4O2S/c1-14-9-15(11-22(2,3)10-14)23-20(27)21(28)24-19-17-12-29-13-18(17)25-26(19)16-7-5-4-6-8-16/h4-8,14-15H,9-13H2,1-3H3,(H,23,27)(H,24,28)/t14-,15-/m0/s1. The number of nitrogens with zero attached hydrogens (tertiary/aromatic N) is 2. The van der Waals surface area contributed by atoms with Crippen LogP contribution in [0.5, 0.6) is 0 Å². The molecule has 0 radical (unpaired) electrons. The summed E-state index contributed by atoms with van der Waals surface area (Å²) in [5.74, 6) is 1.55.